The summed E-state index contributed by atoms with van der Waals surface area (Å²) in [6.07, 6.45) is 0. The standard InChI is InChI=1S/C11H12N2OS/c1-7-3-4-9(5-8(7)2)10-6-15-11(14)13-12-10/h3-5H,6H2,1-2H3,(H,13,14). The molecule has 0 radical (unpaired) electrons. The quantitative estimate of drug-likeness (QED) is 0.790. The van der Waals surface area contributed by atoms with Gasteiger partial charge in [0.1, 0.15) is 0 Å². The maximum absolute atomic E-state index is 10.9. The number of hydrazone groups is 1. The second-order valence-electron chi connectivity index (χ2n) is 3.55. The number of thioether (sulfide) groups is 1. The van der Waals surface area contributed by atoms with Crippen LogP contribution in [-0.2, 0) is 0 Å². The molecule has 3 nitrogen and oxygen atoms in total. The maximum Gasteiger partial charge on any atom is 0.299 e. The molecule has 1 aromatic rings. The molecule has 0 spiro atoms. The van der Waals surface area contributed by atoms with E-state index in [4.69, 9.17) is 0 Å². The van der Waals surface area contributed by atoms with Crippen LogP contribution >= 0.6 is 11.8 Å². The van der Waals surface area contributed by atoms with E-state index in [-0.39, 0.29) is 5.24 Å². The molecule has 0 unspecified atom stereocenters. The number of benzene rings is 1. The van der Waals surface area contributed by atoms with Crippen molar-refractivity contribution in [3.05, 3.63) is 34.9 Å². The van der Waals surface area contributed by atoms with Crippen molar-refractivity contribution in [1.82, 2.24) is 5.43 Å². The Kier molecular flexibility index (Phi) is 2.77. The Bertz CT molecular complexity index is 440. The summed E-state index contributed by atoms with van der Waals surface area (Å²) in [7, 11) is 0. The van der Waals surface area contributed by atoms with Crippen molar-refractivity contribution in [1.29, 1.82) is 0 Å². The van der Waals surface area contributed by atoms with E-state index in [2.05, 4.69) is 36.5 Å². The van der Waals surface area contributed by atoms with Crippen LogP contribution < -0.4 is 5.43 Å². The zero-order valence-corrected chi connectivity index (χ0v) is 9.52. The number of hydrogen-bond donors (Lipinski definition) is 1. The SMILES string of the molecule is Cc1ccc(C2=NNC(=O)SC2)cc1C. The fourth-order valence-electron chi connectivity index (χ4n) is 1.38. The zero-order valence-electron chi connectivity index (χ0n) is 8.70. The lowest BCUT2D eigenvalue weighted by molar-refractivity contribution is 0.261. The van der Waals surface area contributed by atoms with Crippen molar-refractivity contribution in [2.75, 3.05) is 5.75 Å². The molecule has 1 N–H and O–H groups in total. The van der Waals surface area contributed by atoms with Gasteiger partial charge in [-0.25, -0.2) is 5.43 Å². The normalized spacial score (nSPS) is 15.9. The third-order valence-corrected chi connectivity index (χ3v) is 3.23. The predicted octanol–water partition coefficient (Wildman–Crippen LogP) is 2.46. The third kappa shape index (κ3) is 2.21. The van der Waals surface area contributed by atoms with E-state index in [0.29, 0.717) is 5.75 Å². The van der Waals surface area contributed by atoms with Gasteiger partial charge in [-0.1, -0.05) is 23.9 Å². The number of rotatable bonds is 1. The van der Waals surface area contributed by atoms with Crippen LogP contribution in [0.5, 0.6) is 0 Å². The molecule has 1 aliphatic rings. The van der Waals surface area contributed by atoms with E-state index < -0.39 is 0 Å². The van der Waals surface area contributed by atoms with E-state index in [9.17, 15) is 4.79 Å². The van der Waals surface area contributed by atoms with Gasteiger partial charge in [-0.3, -0.25) is 4.79 Å². The Labute approximate surface area is 93.0 Å². The van der Waals surface area contributed by atoms with Gasteiger partial charge in [0.15, 0.2) is 0 Å². The summed E-state index contributed by atoms with van der Waals surface area (Å²) in [4.78, 5) is 10.9. The van der Waals surface area contributed by atoms with Crippen molar-refractivity contribution in [2.24, 2.45) is 5.10 Å². The fraction of sp³-hybridized carbons (Fsp3) is 0.273. The number of nitrogens with one attached hydrogen (secondary N) is 1. The Morgan fingerprint density at radius 2 is 2.13 bits per heavy atom. The van der Waals surface area contributed by atoms with Crippen LogP contribution in [0.3, 0.4) is 0 Å². The largest absolute Gasteiger partial charge is 0.299 e. The smallest absolute Gasteiger partial charge is 0.260 e. The van der Waals surface area contributed by atoms with Crippen LogP contribution in [0, 0.1) is 13.8 Å². The van der Waals surface area contributed by atoms with Gasteiger partial charge >= 0.3 is 0 Å². The van der Waals surface area contributed by atoms with Gasteiger partial charge in [0.05, 0.1) is 5.71 Å². The van der Waals surface area contributed by atoms with Crippen LogP contribution in [0.4, 0.5) is 4.79 Å². The Morgan fingerprint density at radius 3 is 2.73 bits per heavy atom. The Balaban J connectivity index is 2.30. The molecule has 0 atom stereocenters. The lowest BCUT2D eigenvalue weighted by Crippen LogP contribution is -2.23. The number of carbonyl (C=O) groups excluding carboxylic acids is 1. The summed E-state index contributed by atoms with van der Waals surface area (Å²) in [5.41, 5.74) is 7.02. The summed E-state index contributed by atoms with van der Waals surface area (Å²) >= 11 is 1.25. The van der Waals surface area contributed by atoms with Crippen molar-refractivity contribution in [2.45, 2.75) is 13.8 Å². The first-order chi connectivity index (χ1) is 7.16. The molecule has 15 heavy (non-hydrogen) atoms. The van der Waals surface area contributed by atoms with Gasteiger partial charge in [0, 0.05) is 5.75 Å². The number of amides is 1. The van der Waals surface area contributed by atoms with Gasteiger partial charge in [-0.05, 0) is 36.6 Å². The molecular weight excluding hydrogens is 208 g/mol. The zero-order chi connectivity index (χ0) is 10.8. The maximum atomic E-state index is 10.9. The van der Waals surface area contributed by atoms with Crippen molar-refractivity contribution < 1.29 is 4.79 Å². The molecule has 0 bridgehead atoms. The minimum absolute atomic E-state index is 0.0809. The molecule has 4 heteroatoms. The highest BCUT2D eigenvalue weighted by atomic mass is 32.2. The van der Waals surface area contributed by atoms with E-state index in [0.717, 1.165) is 11.3 Å². The van der Waals surface area contributed by atoms with Crippen LogP contribution in [0.15, 0.2) is 23.3 Å². The summed E-state index contributed by atoms with van der Waals surface area (Å²) in [5.74, 6) is 0.647. The van der Waals surface area contributed by atoms with Crippen LogP contribution in [-0.4, -0.2) is 16.7 Å². The molecule has 0 saturated carbocycles. The van der Waals surface area contributed by atoms with Crippen LogP contribution in [0.2, 0.25) is 0 Å². The van der Waals surface area contributed by atoms with Crippen molar-refractivity contribution >= 4 is 22.7 Å². The molecule has 0 aliphatic carbocycles. The number of nitrogens with zero attached hydrogens (tertiary/aromatic N) is 1. The van der Waals surface area contributed by atoms with Crippen LogP contribution in [0.25, 0.3) is 0 Å². The number of hydrogen-bond acceptors (Lipinski definition) is 3. The summed E-state index contributed by atoms with van der Waals surface area (Å²) in [6.45, 7) is 4.16. The van der Waals surface area contributed by atoms with Crippen molar-refractivity contribution in [3.8, 4) is 0 Å². The first-order valence-electron chi connectivity index (χ1n) is 4.74. The molecule has 0 saturated heterocycles. The highest BCUT2D eigenvalue weighted by Gasteiger charge is 2.13. The lowest BCUT2D eigenvalue weighted by Gasteiger charge is -2.12. The summed E-state index contributed by atoms with van der Waals surface area (Å²) in [5, 5.41) is 3.97. The molecule has 78 valence electrons. The second kappa shape index (κ2) is 4.06. The Morgan fingerprint density at radius 1 is 1.33 bits per heavy atom. The molecular formula is C11H12N2OS. The molecule has 1 heterocycles. The predicted molar refractivity (Wildman–Crippen MR) is 63.4 cm³/mol. The molecule has 1 amide bonds. The average molecular weight is 220 g/mol. The van der Waals surface area contributed by atoms with E-state index >= 15 is 0 Å². The average Bonchev–Trinajstić information content (AvgIpc) is 2.23. The Hall–Kier alpha value is -1.29. The van der Waals surface area contributed by atoms with Gasteiger partial charge in [-0.2, -0.15) is 5.10 Å². The first kappa shape index (κ1) is 10.2. The molecule has 2 rings (SSSR count). The number of aryl methyl sites for hydroxylation is 2. The molecule has 0 fully saturated rings. The van der Waals surface area contributed by atoms with Gasteiger partial charge in [0.2, 0.25) is 0 Å². The van der Waals surface area contributed by atoms with E-state index in [1.165, 1.54) is 22.9 Å². The highest BCUT2D eigenvalue weighted by Crippen LogP contribution is 2.16. The monoisotopic (exact) mass is 220 g/mol. The van der Waals surface area contributed by atoms with E-state index in [1.807, 2.05) is 6.07 Å². The van der Waals surface area contributed by atoms with Crippen molar-refractivity contribution in [3.63, 3.8) is 0 Å². The third-order valence-electron chi connectivity index (χ3n) is 2.46. The minimum Gasteiger partial charge on any atom is -0.260 e. The second-order valence-corrected chi connectivity index (χ2v) is 4.49. The topological polar surface area (TPSA) is 41.5 Å². The fourth-order valence-corrected chi connectivity index (χ4v) is 1.99. The summed E-state index contributed by atoms with van der Waals surface area (Å²) < 4.78 is 0. The first-order valence-corrected chi connectivity index (χ1v) is 5.72. The summed E-state index contributed by atoms with van der Waals surface area (Å²) in [6, 6.07) is 6.22. The van der Waals surface area contributed by atoms with Gasteiger partial charge in [0.25, 0.3) is 5.24 Å². The molecule has 0 aromatic heterocycles. The van der Waals surface area contributed by atoms with Crippen LogP contribution in [0.1, 0.15) is 16.7 Å². The van der Waals surface area contributed by atoms with E-state index in [1.54, 1.807) is 0 Å². The minimum atomic E-state index is -0.0809. The van der Waals surface area contributed by atoms with Gasteiger partial charge < -0.3 is 0 Å². The highest BCUT2D eigenvalue weighted by molar-refractivity contribution is 8.14. The molecule has 1 aromatic carbocycles. The molecule has 1 aliphatic heterocycles. The number of carbonyl (C=O) groups is 1. The lowest BCUT2D eigenvalue weighted by atomic mass is 10.0. The van der Waals surface area contributed by atoms with Gasteiger partial charge in [-0.15, -0.1) is 0 Å².